The number of nitrogens with one attached hydrogen (secondary N) is 1. The molecule has 126 valence electrons. The topological polar surface area (TPSA) is 73.0 Å². The number of imidazole rings is 1. The first-order chi connectivity index (χ1) is 12.1. The van der Waals surface area contributed by atoms with Crippen molar-refractivity contribution in [3.63, 3.8) is 0 Å². The number of rotatable bonds is 3. The monoisotopic (exact) mass is 416 g/mol. The van der Waals surface area contributed by atoms with Crippen LogP contribution < -0.4 is 5.43 Å². The molecule has 0 bridgehead atoms. The molecular weight excluding hydrogens is 404 g/mol. The van der Waals surface area contributed by atoms with Crippen LogP contribution in [0.5, 0.6) is 0 Å². The molecular formula is C17H13BrN4O2S. The Hall–Kier alpha value is -2.32. The average Bonchev–Trinajstić information content (AvgIpc) is 3.09. The van der Waals surface area contributed by atoms with E-state index in [4.69, 9.17) is 0 Å². The van der Waals surface area contributed by atoms with Crippen molar-refractivity contribution >= 4 is 33.4 Å². The zero-order valence-corrected chi connectivity index (χ0v) is 15.3. The van der Waals surface area contributed by atoms with Crippen LogP contribution in [0.15, 0.2) is 70.6 Å². The number of nitro groups is 1. The van der Waals surface area contributed by atoms with E-state index in [2.05, 4.69) is 38.5 Å². The lowest BCUT2D eigenvalue weighted by molar-refractivity contribution is -0.384. The van der Waals surface area contributed by atoms with Crippen LogP contribution in [0.1, 0.15) is 22.4 Å². The summed E-state index contributed by atoms with van der Waals surface area (Å²) in [5, 5.41) is 11.8. The second kappa shape index (κ2) is 6.53. The molecule has 0 spiro atoms. The standard InChI is InChI=1S/C17H13BrN4O2S/c18-13-5-1-11(2-6-13)15-16(25-17-19-9-10-21(17)20-15)12-3-7-14(8-4-12)22(23)24/h1-10,15-16,20H. The molecule has 0 aliphatic carbocycles. The minimum atomic E-state index is -0.380. The predicted octanol–water partition coefficient (Wildman–Crippen LogP) is 4.69. The molecule has 3 aromatic rings. The quantitative estimate of drug-likeness (QED) is 0.495. The number of nitro benzene ring substituents is 1. The lowest BCUT2D eigenvalue weighted by atomic mass is 9.98. The molecule has 0 radical (unpaired) electrons. The van der Waals surface area contributed by atoms with Crippen LogP contribution in [0, 0.1) is 10.1 Å². The van der Waals surface area contributed by atoms with Crippen molar-refractivity contribution in [1.29, 1.82) is 0 Å². The molecule has 8 heteroatoms. The van der Waals surface area contributed by atoms with Crippen LogP contribution in [-0.2, 0) is 0 Å². The molecule has 6 nitrogen and oxygen atoms in total. The van der Waals surface area contributed by atoms with Gasteiger partial charge in [0.2, 0.25) is 0 Å². The maximum atomic E-state index is 10.9. The summed E-state index contributed by atoms with van der Waals surface area (Å²) < 4.78 is 2.94. The molecule has 2 atom stereocenters. The van der Waals surface area contributed by atoms with Crippen LogP contribution >= 0.6 is 27.7 Å². The van der Waals surface area contributed by atoms with E-state index in [1.807, 2.05) is 35.1 Å². The molecule has 1 aliphatic rings. The van der Waals surface area contributed by atoms with Crippen LogP contribution in [0.25, 0.3) is 0 Å². The largest absolute Gasteiger partial charge is 0.315 e. The average molecular weight is 417 g/mol. The third-order valence-corrected chi connectivity index (χ3v) is 5.92. The van der Waals surface area contributed by atoms with E-state index in [0.717, 1.165) is 20.8 Å². The predicted molar refractivity (Wildman–Crippen MR) is 100 cm³/mol. The van der Waals surface area contributed by atoms with Crippen molar-refractivity contribution in [2.45, 2.75) is 16.4 Å². The van der Waals surface area contributed by atoms with E-state index in [0.29, 0.717) is 0 Å². The van der Waals surface area contributed by atoms with Crippen molar-refractivity contribution in [2.75, 3.05) is 5.43 Å². The van der Waals surface area contributed by atoms with Gasteiger partial charge < -0.3 is 5.43 Å². The molecule has 2 heterocycles. The Morgan fingerprint density at radius 3 is 2.48 bits per heavy atom. The number of thioether (sulfide) groups is 1. The highest BCUT2D eigenvalue weighted by molar-refractivity contribution is 9.10. The van der Waals surface area contributed by atoms with Gasteiger partial charge in [0.25, 0.3) is 5.69 Å². The summed E-state index contributed by atoms with van der Waals surface area (Å²) in [7, 11) is 0. The summed E-state index contributed by atoms with van der Waals surface area (Å²) in [4.78, 5) is 14.9. The molecule has 4 rings (SSSR count). The highest BCUT2D eigenvalue weighted by Gasteiger charge is 2.32. The third-order valence-electron chi connectivity index (χ3n) is 4.08. The minimum Gasteiger partial charge on any atom is -0.315 e. The number of benzene rings is 2. The number of hydrogen-bond donors (Lipinski definition) is 1. The van der Waals surface area contributed by atoms with Crippen LogP contribution in [0.2, 0.25) is 0 Å². The highest BCUT2D eigenvalue weighted by Crippen LogP contribution is 2.47. The molecule has 0 amide bonds. The van der Waals surface area contributed by atoms with Gasteiger partial charge in [-0.1, -0.05) is 52.0 Å². The maximum Gasteiger partial charge on any atom is 0.269 e. The fourth-order valence-electron chi connectivity index (χ4n) is 2.84. The molecule has 2 aromatic carbocycles. The summed E-state index contributed by atoms with van der Waals surface area (Å²) in [6, 6.07) is 14.9. The Kier molecular flexibility index (Phi) is 4.22. The smallest absolute Gasteiger partial charge is 0.269 e. The van der Waals surface area contributed by atoms with Gasteiger partial charge in [-0.2, -0.15) is 0 Å². The van der Waals surface area contributed by atoms with Gasteiger partial charge in [-0.25, -0.2) is 9.66 Å². The van der Waals surface area contributed by atoms with Crippen molar-refractivity contribution in [3.05, 3.63) is 86.6 Å². The summed E-state index contributed by atoms with van der Waals surface area (Å²) >= 11 is 5.11. The normalized spacial score (nSPS) is 19.1. The fourth-order valence-corrected chi connectivity index (χ4v) is 4.33. The van der Waals surface area contributed by atoms with Crippen molar-refractivity contribution in [2.24, 2.45) is 0 Å². The van der Waals surface area contributed by atoms with E-state index in [1.54, 1.807) is 30.1 Å². The summed E-state index contributed by atoms with van der Waals surface area (Å²) in [5.74, 6) is 0. The van der Waals surface area contributed by atoms with Crippen molar-refractivity contribution in [1.82, 2.24) is 9.66 Å². The molecule has 0 fully saturated rings. The van der Waals surface area contributed by atoms with Gasteiger partial charge >= 0.3 is 0 Å². The Balaban J connectivity index is 1.73. The summed E-state index contributed by atoms with van der Waals surface area (Å²) in [6.45, 7) is 0. The van der Waals surface area contributed by atoms with Crippen LogP contribution in [0.3, 0.4) is 0 Å². The summed E-state index contributed by atoms with van der Waals surface area (Å²) in [5.41, 5.74) is 5.74. The maximum absolute atomic E-state index is 10.9. The van der Waals surface area contributed by atoms with E-state index in [-0.39, 0.29) is 21.9 Å². The first-order valence-electron chi connectivity index (χ1n) is 7.58. The highest BCUT2D eigenvalue weighted by atomic mass is 79.9. The fraction of sp³-hybridized carbons (Fsp3) is 0.118. The van der Waals surface area contributed by atoms with Gasteiger partial charge in [-0.05, 0) is 23.3 Å². The SMILES string of the molecule is O=[N+]([O-])c1ccc(C2Sc3nccn3NC2c2ccc(Br)cc2)cc1. The van der Waals surface area contributed by atoms with E-state index in [1.165, 1.54) is 0 Å². The molecule has 0 saturated carbocycles. The number of non-ortho nitro benzene ring substituents is 1. The van der Waals surface area contributed by atoms with Gasteiger partial charge in [0.1, 0.15) is 0 Å². The Bertz CT molecular complexity index is 911. The van der Waals surface area contributed by atoms with Gasteiger partial charge in [0.05, 0.1) is 16.2 Å². The third kappa shape index (κ3) is 3.14. The number of aromatic nitrogens is 2. The van der Waals surface area contributed by atoms with Gasteiger partial charge in [0, 0.05) is 29.0 Å². The second-order valence-electron chi connectivity index (χ2n) is 5.63. The zero-order chi connectivity index (χ0) is 17.4. The zero-order valence-electron chi connectivity index (χ0n) is 12.9. The van der Waals surface area contributed by atoms with Gasteiger partial charge in [-0.15, -0.1) is 0 Å². The lowest BCUT2D eigenvalue weighted by Crippen LogP contribution is -2.29. The molecule has 25 heavy (non-hydrogen) atoms. The molecule has 2 unspecified atom stereocenters. The first-order valence-corrected chi connectivity index (χ1v) is 9.25. The molecule has 1 aromatic heterocycles. The summed E-state index contributed by atoms with van der Waals surface area (Å²) in [6.07, 6.45) is 3.65. The molecule has 0 saturated heterocycles. The first kappa shape index (κ1) is 16.2. The minimum absolute atomic E-state index is 0.0151. The van der Waals surface area contributed by atoms with Gasteiger partial charge in [0.15, 0.2) is 5.16 Å². The lowest BCUT2D eigenvalue weighted by Gasteiger charge is -2.34. The van der Waals surface area contributed by atoms with Gasteiger partial charge in [-0.3, -0.25) is 10.1 Å². The number of nitrogens with zero attached hydrogens (tertiary/aromatic N) is 3. The number of fused-ring (bicyclic) bond motifs is 1. The van der Waals surface area contributed by atoms with E-state index < -0.39 is 0 Å². The van der Waals surface area contributed by atoms with E-state index in [9.17, 15) is 10.1 Å². The molecule has 1 N–H and O–H groups in total. The Labute approximate surface area is 156 Å². The number of halogens is 1. The van der Waals surface area contributed by atoms with Crippen LogP contribution in [0.4, 0.5) is 5.69 Å². The van der Waals surface area contributed by atoms with E-state index >= 15 is 0 Å². The Morgan fingerprint density at radius 2 is 1.80 bits per heavy atom. The van der Waals surface area contributed by atoms with Crippen molar-refractivity contribution < 1.29 is 4.92 Å². The van der Waals surface area contributed by atoms with Crippen LogP contribution in [-0.4, -0.2) is 14.6 Å². The Morgan fingerprint density at radius 1 is 1.12 bits per heavy atom. The van der Waals surface area contributed by atoms with Crippen molar-refractivity contribution in [3.8, 4) is 0 Å². The molecule has 1 aliphatic heterocycles. The number of hydrogen-bond acceptors (Lipinski definition) is 5. The second-order valence-corrected chi connectivity index (χ2v) is 7.65.